The summed E-state index contributed by atoms with van der Waals surface area (Å²) in [7, 11) is 0.586. The van der Waals surface area contributed by atoms with Gasteiger partial charge >= 0.3 is 0 Å². The summed E-state index contributed by atoms with van der Waals surface area (Å²) in [6.07, 6.45) is 0. The van der Waals surface area contributed by atoms with Crippen LogP contribution >= 0.6 is 10.7 Å². The fraction of sp³-hybridized carbons (Fsp3) is 1.00. The van der Waals surface area contributed by atoms with E-state index in [1.807, 2.05) is 0 Å². The lowest BCUT2D eigenvalue weighted by molar-refractivity contribution is 0.109. The summed E-state index contributed by atoms with van der Waals surface area (Å²) in [6.45, 7) is 3.83. The topological polar surface area (TPSA) is 81.4 Å². The molecule has 1 fully saturated rings. The maximum absolute atomic E-state index is 9.18. The van der Waals surface area contributed by atoms with E-state index in [1.54, 1.807) is 0 Å². The average molecular weight is 203 g/mol. The van der Waals surface area contributed by atoms with Crippen molar-refractivity contribution in [2.24, 2.45) is 5.14 Å². The standard InChI is InChI=1S/C4H9NO.ClH2NO2S/c1-3-6-4-2-5-1;1-5(2,3)4/h5H,1-4H2;(H2,2,3,4). The van der Waals surface area contributed by atoms with Crippen LogP contribution in [0, 0.1) is 0 Å². The van der Waals surface area contributed by atoms with Crippen molar-refractivity contribution < 1.29 is 13.2 Å². The van der Waals surface area contributed by atoms with Gasteiger partial charge in [-0.1, -0.05) is 0 Å². The Labute approximate surface area is 70.4 Å². The number of nitrogens with two attached hydrogens (primary N) is 1. The molecule has 0 spiro atoms. The zero-order valence-corrected chi connectivity index (χ0v) is 7.49. The van der Waals surface area contributed by atoms with E-state index in [4.69, 9.17) is 4.74 Å². The Morgan fingerprint density at radius 3 is 1.82 bits per heavy atom. The first-order valence-electron chi connectivity index (χ1n) is 3.01. The van der Waals surface area contributed by atoms with Crippen LogP contribution in [0.2, 0.25) is 0 Å². The minimum absolute atomic E-state index is 0.889. The number of hydrogen-bond acceptors (Lipinski definition) is 4. The first kappa shape index (κ1) is 11.1. The maximum atomic E-state index is 9.18. The molecule has 0 saturated carbocycles. The van der Waals surface area contributed by atoms with Crippen LogP contribution in [0.4, 0.5) is 0 Å². The van der Waals surface area contributed by atoms with Gasteiger partial charge < -0.3 is 10.1 Å². The molecule has 1 aliphatic rings. The third-order valence-electron chi connectivity index (χ3n) is 0.846. The molecule has 0 atom stereocenters. The highest BCUT2D eigenvalue weighted by atomic mass is 35.7. The van der Waals surface area contributed by atoms with Crippen LogP contribution in [0.1, 0.15) is 0 Å². The van der Waals surface area contributed by atoms with Crippen LogP contribution in [-0.2, 0) is 14.0 Å². The van der Waals surface area contributed by atoms with Crippen molar-refractivity contribution in [2.75, 3.05) is 26.3 Å². The Hall–Kier alpha value is 0.120. The largest absolute Gasteiger partial charge is 0.379 e. The van der Waals surface area contributed by atoms with Crippen LogP contribution in [0.5, 0.6) is 0 Å². The normalized spacial score (nSPS) is 18.4. The van der Waals surface area contributed by atoms with Gasteiger partial charge in [-0.15, -0.1) is 0 Å². The molecule has 0 amide bonds. The predicted octanol–water partition coefficient (Wildman–Crippen LogP) is -0.965. The van der Waals surface area contributed by atoms with E-state index < -0.39 is 9.24 Å². The molecule has 7 heteroatoms. The number of hydrogen-bond donors (Lipinski definition) is 2. The fourth-order valence-electron chi connectivity index (χ4n) is 0.516. The molecule has 0 unspecified atom stereocenters. The second-order valence-electron chi connectivity index (χ2n) is 1.84. The molecule has 0 aromatic carbocycles. The van der Waals surface area contributed by atoms with Crippen molar-refractivity contribution in [2.45, 2.75) is 0 Å². The van der Waals surface area contributed by atoms with Gasteiger partial charge in [0, 0.05) is 23.8 Å². The number of ether oxygens (including phenoxy) is 1. The van der Waals surface area contributed by atoms with Crippen molar-refractivity contribution in [1.29, 1.82) is 0 Å². The molecule has 1 saturated heterocycles. The van der Waals surface area contributed by atoms with E-state index in [1.165, 1.54) is 0 Å². The molecule has 0 bridgehead atoms. The molecule has 0 aromatic heterocycles. The molecule has 11 heavy (non-hydrogen) atoms. The quantitative estimate of drug-likeness (QED) is 0.496. The molecule has 1 rings (SSSR count). The summed E-state index contributed by atoms with van der Waals surface area (Å²) in [5.41, 5.74) is 0. The number of rotatable bonds is 0. The summed E-state index contributed by atoms with van der Waals surface area (Å²) in [5.74, 6) is 0. The molecular formula is C4H11ClN2O3S. The average Bonchev–Trinajstić information content (AvgIpc) is 1.88. The Balaban J connectivity index is 0.000000187. The van der Waals surface area contributed by atoms with Gasteiger partial charge in [-0.3, -0.25) is 0 Å². The summed E-state index contributed by atoms with van der Waals surface area (Å²) in [4.78, 5) is 0. The molecule has 1 heterocycles. The summed E-state index contributed by atoms with van der Waals surface area (Å²) in [5, 5.41) is 7.25. The van der Waals surface area contributed by atoms with E-state index in [9.17, 15) is 8.42 Å². The molecule has 0 aliphatic carbocycles. The monoisotopic (exact) mass is 202 g/mol. The van der Waals surface area contributed by atoms with Gasteiger partial charge in [-0.25, -0.2) is 5.14 Å². The zero-order chi connectivity index (χ0) is 8.74. The number of halogens is 1. The molecule has 1 aliphatic heterocycles. The smallest absolute Gasteiger partial charge is 0.294 e. The van der Waals surface area contributed by atoms with Crippen molar-refractivity contribution in [3.63, 3.8) is 0 Å². The first-order chi connectivity index (χ1) is 5.00. The van der Waals surface area contributed by atoms with E-state index >= 15 is 0 Å². The van der Waals surface area contributed by atoms with Gasteiger partial charge in [0.2, 0.25) is 0 Å². The Kier molecular flexibility index (Phi) is 5.79. The summed E-state index contributed by atoms with van der Waals surface area (Å²) in [6, 6.07) is 0. The molecule has 3 N–H and O–H groups in total. The van der Waals surface area contributed by atoms with Gasteiger partial charge in [0.25, 0.3) is 9.24 Å². The van der Waals surface area contributed by atoms with E-state index in [0.29, 0.717) is 0 Å². The Morgan fingerprint density at radius 2 is 1.73 bits per heavy atom. The number of morpholine rings is 1. The Morgan fingerprint density at radius 1 is 1.36 bits per heavy atom. The van der Waals surface area contributed by atoms with Crippen LogP contribution in [0.25, 0.3) is 0 Å². The second-order valence-corrected chi connectivity index (χ2v) is 4.08. The van der Waals surface area contributed by atoms with Crippen molar-refractivity contribution in [3.8, 4) is 0 Å². The molecule has 0 radical (unpaired) electrons. The third-order valence-corrected chi connectivity index (χ3v) is 0.846. The predicted molar refractivity (Wildman–Crippen MR) is 42.6 cm³/mol. The van der Waals surface area contributed by atoms with Gasteiger partial charge in [0.15, 0.2) is 0 Å². The Bertz CT molecular complexity index is 158. The highest BCUT2D eigenvalue weighted by Crippen LogP contribution is 1.77. The second kappa shape index (κ2) is 5.73. The van der Waals surface area contributed by atoms with Crippen molar-refractivity contribution >= 4 is 19.9 Å². The molecular weight excluding hydrogens is 192 g/mol. The van der Waals surface area contributed by atoms with Crippen molar-refractivity contribution in [3.05, 3.63) is 0 Å². The van der Waals surface area contributed by atoms with Crippen LogP contribution in [0.15, 0.2) is 0 Å². The fourth-order valence-corrected chi connectivity index (χ4v) is 0.516. The zero-order valence-electron chi connectivity index (χ0n) is 5.92. The highest BCUT2D eigenvalue weighted by Gasteiger charge is 1.92. The number of nitrogens with one attached hydrogen (secondary N) is 1. The first-order valence-corrected chi connectivity index (χ1v) is 5.38. The minimum Gasteiger partial charge on any atom is -0.379 e. The van der Waals surface area contributed by atoms with Crippen LogP contribution in [0.3, 0.4) is 0 Å². The van der Waals surface area contributed by atoms with Gasteiger partial charge in [-0.05, 0) is 0 Å². The lowest BCUT2D eigenvalue weighted by Crippen LogP contribution is -2.30. The van der Waals surface area contributed by atoms with E-state index in [0.717, 1.165) is 26.3 Å². The lowest BCUT2D eigenvalue weighted by Gasteiger charge is -2.10. The SMILES string of the molecule is C1COCCN1.NS(=O)(=O)Cl. The van der Waals surface area contributed by atoms with Gasteiger partial charge in [0.05, 0.1) is 13.2 Å². The summed E-state index contributed by atoms with van der Waals surface area (Å²) < 4.78 is 23.4. The molecule has 68 valence electrons. The maximum Gasteiger partial charge on any atom is 0.294 e. The lowest BCUT2D eigenvalue weighted by atomic mass is 10.5. The van der Waals surface area contributed by atoms with E-state index in [2.05, 4.69) is 21.1 Å². The van der Waals surface area contributed by atoms with Crippen LogP contribution in [-0.4, -0.2) is 34.7 Å². The van der Waals surface area contributed by atoms with Gasteiger partial charge in [0.1, 0.15) is 0 Å². The van der Waals surface area contributed by atoms with Crippen LogP contribution < -0.4 is 10.5 Å². The molecule has 0 aromatic rings. The van der Waals surface area contributed by atoms with E-state index in [-0.39, 0.29) is 0 Å². The molecule has 5 nitrogen and oxygen atoms in total. The minimum atomic E-state index is -3.69. The summed E-state index contributed by atoms with van der Waals surface area (Å²) >= 11 is 0. The highest BCUT2D eigenvalue weighted by molar-refractivity contribution is 8.11. The van der Waals surface area contributed by atoms with Crippen molar-refractivity contribution in [1.82, 2.24) is 5.32 Å². The van der Waals surface area contributed by atoms with Gasteiger partial charge in [-0.2, -0.15) is 8.42 Å². The third kappa shape index (κ3) is 17.8.